The Labute approximate surface area is 145 Å². The first-order chi connectivity index (χ1) is 12.2. The summed E-state index contributed by atoms with van der Waals surface area (Å²) in [5.74, 6) is 0.00196. The molecule has 1 aliphatic heterocycles. The van der Waals surface area contributed by atoms with E-state index in [1.807, 2.05) is 54.6 Å². The Morgan fingerprint density at radius 2 is 1.80 bits per heavy atom. The fourth-order valence-corrected chi connectivity index (χ4v) is 3.06. The van der Waals surface area contributed by atoms with Crippen molar-refractivity contribution in [3.05, 3.63) is 77.9 Å². The number of hydrogen-bond donors (Lipinski definition) is 3. The summed E-state index contributed by atoms with van der Waals surface area (Å²) in [6.45, 7) is 0.432. The minimum Gasteiger partial charge on any atom is -0.507 e. The van der Waals surface area contributed by atoms with E-state index in [0.717, 1.165) is 5.69 Å². The van der Waals surface area contributed by atoms with Crippen LogP contribution in [0, 0.1) is 5.92 Å². The van der Waals surface area contributed by atoms with Crippen LogP contribution in [-0.2, 0) is 11.4 Å². The first-order valence-corrected chi connectivity index (χ1v) is 8.15. The molecule has 5 nitrogen and oxygen atoms in total. The van der Waals surface area contributed by atoms with Gasteiger partial charge in [0.1, 0.15) is 17.2 Å². The molecule has 0 radical (unpaired) electrons. The molecule has 0 amide bonds. The second-order valence-corrected chi connectivity index (χ2v) is 6.06. The van der Waals surface area contributed by atoms with Gasteiger partial charge in [-0.3, -0.25) is 0 Å². The van der Waals surface area contributed by atoms with Gasteiger partial charge in [0.15, 0.2) is 6.10 Å². The molecular formula is C20H18N2O3. The lowest BCUT2D eigenvalue weighted by Crippen LogP contribution is -2.22. The van der Waals surface area contributed by atoms with Crippen molar-refractivity contribution in [3.8, 4) is 11.5 Å². The lowest BCUT2D eigenvalue weighted by atomic mass is 9.88. The molecule has 2 aromatic carbocycles. The van der Waals surface area contributed by atoms with E-state index in [1.165, 1.54) is 6.07 Å². The van der Waals surface area contributed by atoms with Gasteiger partial charge < -0.3 is 20.4 Å². The van der Waals surface area contributed by atoms with Crippen molar-refractivity contribution in [1.82, 2.24) is 0 Å². The molecule has 5 heteroatoms. The van der Waals surface area contributed by atoms with Crippen molar-refractivity contribution in [3.63, 3.8) is 0 Å². The van der Waals surface area contributed by atoms with Crippen molar-refractivity contribution < 1.29 is 15.1 Å². The van der Waals surface area contributed by atoms with E-state index >= 15 is 0 Å². The smallest absolute Gasteiger partial charge is 0.157 e. The molecule has 1 heterocycles. The van der Waals surface area contributed by atoms with Crippen LogP contribution in [0.25, 0.3) is 0 Å². The summed E-state index contributed by atoms with van der Waals surface area (Å²) in [4.78, 5) is 5.44. The second-order valence-electron chi connectivity index (χ2n) is 6.06. The number of aromatic hydroxyl groups is 2. The molecule has 0 spiro atoms. The molecule has 2 aliphatic rings. The Balaban J connectivity index is 1.61. The second kappa shape index (κ2) is 6.36. The lowest BCUT2D eigenvalue weighted by molar-refractivity contribution is 0.105. The number of para-hydroxylation sites is 1. The topological polar surface area (TPSA) is 74.1 Å². The van der Waals surface area contributed by atoms with Gasteiger partial charge in [-0.15, -0.1) is 0 Å². The molecule has 0 fully saturated rings. The predicted octanol–water partition coefficient (Wildman–Crippen LogP) is 3.56. The van der Waals surface area contributed by atoms with Gasteiger partial charge in [-0.2, -0.15) is 0 Å². The third kappa shape index (κ3) is 2.96. The monoisotopic (exact) mass is 334 g/mol. The van der Waals surface area contributed by atoms with Gasteiger partial charge in [0, 0.05) is 29.4 Å². The first kappa shape index (κ1) is 15.3. The average Bonchev–Trinajstić information content (AvgIpc) is 3.06. The highest BCUT2D eigenvalue weighted by molar-refractivity contribution is 6.06. The maximum absolute atomic E-state index is 10.3. The van der Waals surface area contributed by atoms with E-state index in [2.05, 4.69) is 10.5 Å². The molecule has 126 valence electrons. The van der Waals surface area contributed by atoms with Gasteiger partial charge in [-0.1, -0.05) is 41.6 Å². The number of rotatable bonds is 4. The van der Waals surface area contributed by atoms with Crippen LogP contribution in [0.4, 0.5) is 5.69 Å². The molecule has 1 aliphatic carbocycles. The highest BCUT2D eigenvalue weighted by Gasteiger charge is 2.34. The quantitative estimate of drug-likeness (QED) is 0.799. The van der Waals surface area contributed by atoms with Crippen molar-refractivity contribution in [2.45, 2.75) is 12.6 Å². The number of anilines is 1. The van der Waals surface area contributed by atoms with Gasteiger partial charge in [0.05, 0.1) is 5.92 Å². The van der Waals surface area contributed by atoms with Gasteiger partial charge in [-0.25, -0.2) is 0 Å². The predicted molar refractivity (Wildman–Crippen MR) is 96.7 cm³/mol. The molecule has 25 heavy (non-hydrogen) atoms. The fourth-order valence-electron chi connectivity index (χ4n) is 3.06. The minimum absolute atomic E-state index is 0.00749. The maximum Gasteiger partial charge on any atom is 0.157 e. The van der Waals surface area contributed by atoms with E-state index in [1.54, 1.807) is 6.07 Å². The van der Waals surface area contributed by atoms with Crippen LogP contribution in [0.5, 0.6) is 11.5 Å². The molecule has 0 bridgehead atoms. The van der Waals surface area contributed by atoms with E-state index in [0.29, 0.717) is 23.4 Å². The normalized spacial score (nSPS) is 20.7. The number of phenolic OH excluding ortho intramolecular Hbond substituents is 2. The summed E-state index contributed by atoms with van der Waals surface area (Å²) in [5, 5.41) is 27.9. The Morgan fingerprint density at radius 3 is 2.64 bits per heavy atom. The summed E-state index contributed by atoms with van der Waals surface area (Å²) in [7, 11) is 0. The lowest BCUT2D eigenvalue weighted by Gasteiger charge is -2.16. The van der Waals surface area contributed by atoms with Crippen LogP contribution >= 0.6 is 0 Å². The zero-order chi connectivity index (χ0) is 17.2. The van der Waals surface area contributed by atoms with Crippen molar-refractivity contribution >= 4 is 11.4 Å². The number of allylic oxidation sites excluding steroid dienone is 2. The molecule has 0 saturated carbocycles. The number of fused-ring (bicyclic) bond motifs is 1. The highest BCUT2D eigenvalue weighted by Crippen LogP contribution is 2.35. The molecule has 0 saturated heterocycles. The van der Waals surface area contributed by atoms with E-state index in [-0.39, 0.29) is 23.5 Å². The minimum atomic E-state index is -0.140. The van der Waals surface area contributed by atoms with Crippen LogP contribution < -0.4 is 5.32 Å². The molecule has 0 aromatic heterocycles. The Bertz CT molecular complexity index is 872. The van der Waals surface area contributed by atoms with E-state index in [4.69, 9.17) is 4.84 Å². The SMILES string of the molecule is Oc1cc(O)c(C2=NOC3C=CC=CC23)cc1CNc1ccccc1. The highest BCUT2D eigenvalue weighted by atomic mass is 16.6. The summed E-state index contributed by atoms with van der Waals surface area (Å²) in [6.07, 6.45) is 7.67. The average molecular weight is 334 g/mol. The molecule has 2 aromatic rings. The van der Waals surface area contributed by atoms with Crippen molar-refractivity contribution in [1.29, 1.82) is 0 Å². The molecule has 2 atom stereocenters. The van der Waals surface area contributed by atoms with Crippen LogP contribution in [0.15, 0.2) is 71.9 Å². The third-order valence-electron chi connectivity index (χ3n) is 4.40. The summed E-state index contributed by atoms with van der Waals surface area (Å²) in [5.41, 5.74) is 2.88. The number of hydrogen-bond acceptors (Lipinski definition) is 5. The number of oxime groups is 1. The van der Waals surface area contributed by atoms with Crippen LogP contribution in [0.3, 0.4) is 0 Å². The van der Waals surface area contributed by atoms with E-state index in [9.17, 15) is 10.2 Å². The number of nitrogens with zero attached hydrogens (tertiary/aromatic N) is 1. The molecule has 4 rings (SSSR count). The van der Waals surface area contributed by atoms with Crippen LogP contribution in [0.2, 0.25) is 0 Å². The Kier molecular flexibility index (Phi) is 3.90. The van der Waals surface area contributed by atoms with Crippen molar-refractivity contribution in [2.24, 2.45) is 11.1 Å². The summed E-state index contributed by atoms with van der Waals surface area (Å²) in [6, 6.07) is 12.9. The molecule has 2 unspecified atom stereocenters. The summed E-state index contributed by atoms with van der Waals surface area (Å²) < 4.78 is 0. The number of benzene rings is 2. The number of nitrogens with one attached hydrogen (secondary N) is 1. The van der Waals surface area contributed by atoms with Gasteiger partial charge in [0.2, 0.25) is 0 Å². The maximum atomic E-state index is 10.3. The Hall–Kier alpha value is -3.21. The zero-order valence-electron chi connectivity index (χ0n) is 13.5. The van der Waals surface area contributed by atoms with Crippen LogP contribution in [0.1, 0.15) is 11.1 Å². The third-order valence-corrected chi connectivity index (χ3v) is 4.40. The largest absolute Gasteiger partial charge is 0.507 e. The van der Waals surface area contributed by atoms with Gasteiger partial charge in [-0.05, 0) is 24.3 Å². The summed E-state index contributed by atoms with van der Waals surface area (Å²) >= 11 is 0. The van der Waals surface area contributed by atoms with Gasteiger partial charge >= 0.3 is 0 Å². The zero-order valence-corrected chi connectivity index (χ0v) is 13.5. The van der Waals surface area contributed by atoms with Crippen molar-refractivity contribution in [2.75, 3.05) is 5.32 Å². The van der Waals surface area contributed by atoms with Gasteiger partial charge in [0.25, 0.3) is 0 Å². The molecular weight excluding hydrogens is 316 g/mol. The fraction of sp³-hybridized carbons (Fsp3) is 0.150. The standard InChI is InChI=1S/C20H18N2O3/c23-17-11-18(24)16(20-15-8-4-5-9-19(15)25-22-20)10-13(17)12-21-14-6-2-1-3-7-14/h1-11,15,19,21,23-24H,12H2. The Morgan fingerprint density at radius 1 is 1.00 bits per heavy atom. The van der Waals surface area contributed by atoms with E-state index < -0.39 is 0 Å². The first-order valence-electron chi connectivity index (χ1n) is 8.15. The van der Waals surface area contributed by atoms with Crippen LogP contribution in [-0.4, -0.2) is 22.0 Å². The molecule has 3 N–H and O–H groups in total. The number of phenols is 2.